The van der Waals surface area contributed by atoms with Crippen LogP contribution in [0, 0.1) is 5.92 Å². The summed E-state index contributed by atoms with van der Waals surface area (Å²) in [4.78, 5) is 10.7. The molecule has 0 radical (unpaired) electrons. The van der Waals surface area contributed by atoms with E-state index in [0.717, 1.165) is 11.3 Å². The van der Waals surface area contributed by atoms with E-state index in [1.165, 1.54) is 0 Å². The highest BCUT2D eigenvalue weighted by Gasteiger charge is 2.11. The maximum absolute atomic E-state index is 10.7. The lowest BCUT2D eigenvalue weighted by Crippen LogP contribution is -2.12. The van der Waals surface area contributed by atoms with Gasteiger partial charge in [-0.3, -0.25) is 4.79 Å². The predicted octanol–water partition coefficient (Wildman–Crippen LogP) is 1.29. The van der Waals surface area contributed by atoms with Gasteiger partial charge in [0.15, 0.2) is 0 Å². The summed E-state index contributed by atoms with van der Waals surface area (Å²) in [5, 5.41) is 8.78. The number of hydrogen-bond donors (Lipinski definition) is 2. The zero-order valence-electron chi connectivity index (χ0n) is 9.35. The second kappa shape index (κ2) is 6.12. The highest BCUT2D eigenvalue weighted by molar-refractivity contribution is 5.69. The first-order valence-corrected chi connectivity index (χ1v) is 5.28. The quantitative estimate of drug-likeness (QED) is 0.762. The van der Waals surface area contributed by atoms with Gasteiger partial charge in [0.25, 0.3) is 0 Å². The van der Waals surface area contributed by atoms with Crippen LogP contribution in [-0.4, -0.2) is 24.2 Å². The van der Waals surface area contributed by atoms with E-state index in [1.54, 1.807) is 6.92 Å². The molecule has 0 aliphatic heterocycles. The van der Waals surface area contributed by atoms with Crippen LogP contribution in [0.25, 0.3) is 0 Å². The van der Waals surface area contributed by atoms with Crippen LogP contribution in [0.4, 0.5) is 0 Å². The number of benzene rings is 1. The lowest BCUT2D eigenvalue weighted by molar-refractivity contribution is -0.141. The number of carbonyl (C=O) groups is 1. The van der Waals surface area contributed by atoms with Gasteiger partial charge in [-0.25, -0.2) is 0 Å². The molecule has 1 aromatic carbocycles. The summed E-state index contributed by atoms with van der Waals surface area (Å²) >= 11 is 0. The van der Waals surface area contributed by atoms with Crippen molar-refractivity contribution in [1.29, 1.82) is 0 Å². The molecule has 16 heavy (non-hydrogen) atoms. The van der Waals surface area contributed by atoms with Crippen LogP contribution in [0.1, 0.15) is 12.5 Å². The maximum atomic E-state index is 10.7. The van der Waals surface area contributed by atoms with Crippen molar-refractivity contribution in [3.63, 3.8) is 0 Å². The molecule has 88 valence electrons. The van der Waals surface area contributed by atoms with E-state index >= 15 is 0 Å². The Labute approximate surface area is 95.0 Å². The molecular formula is C12H17NO3. The van der Waals surface area contributed by atoms with Gasteiger partial charge >= 0.3 is 5.97 Å². The molecule has 0 saturated carbocycles. The Balaban J connectivity index is 2.54. The van der Waals surface area contributed by atoms with Crippen molar-refractivity contribution in [3.05, 3.63) is 29.8 Å². The standard InChI is InChI=1S/C12H17NO3/c1-9(12(14)15)8-10-2-4-11(5-3-10)16-7-6-13/h2-5,9H,6-8,13H2,1H3,(H,14,15)/t9-/m0/s1. The fourth-order valence-corrected chi connectivity index (χ4v) is 1.34. The topological polar surface area (TPSA) is 72.5 Å². The molecule has 0 fully saturated rings. The molecule has 0 aliphatic rings. The third-order valence-corrected chi connectivity index (χ3v) is 2.27. The second-order valence-corrected chi connectivity index (χ2v) is 3.72. The van der Waals surface area contributed by atoms with Crippen molar-refractivity contribution in [3.8, 4) is 5.75 Å². The molecule has 0 amide bonds. The SMILES string of the molecule is C[C@@H](Cc1ccc(OCCN)cc1)C(=O)O. The molecule has 1 aromatic rings. The van der Waals surface area contributed by atoms with Gasteiger partial charge in [-0.1, -0.05) is 19.1 Å². The van der Waals surface area contributed by atoms with E-state index in [1.807, 2.05) is 24.3 Å². The molecule has 4 heteroatoms. The second-order valence-electron chi connectivity index (χ2n) is 3.72. The predicted molar refractivity (Wildman–Crippen MR) is 61.5 cm³/mol. The van der Waals surface area contributed by atoms with Crippen LogP contribution in [-0.2, 0) is 11.2 Å². The van der Waals surface area contributed by atoms with Crippen molar-refractivity contribution < 1.29 is 14.6 Å². The van der Waals surface area contributed by atoms with E-state index in [2.05, 4.69) is 0 Å². The summed E-state index contributed by atoms with van der Waals surface area (Å²) in [6.07, 6.45) is 0.534. The average Bonchev–Trinajstić information content (AvgIpc) is 2.28. The van der Waals surface area contributed by atoms with Gasteiger partial charge in [0.1, 0.15) is 12.4 Å². The fraction of sp³-hybridized carbons (Fsp3) is 0.417. The number of rotatable bonds is 6. The summed E-state index contributed by atoms with van der Waals surface area (Å²) in [7, 11) is 0. The van der Waals surface area contributed by atoms with Gasteiger partial charge in [0, 0.05) is 6.54 Å². The molecule has 0 saturated heterocycles. The summed E-state index contributed by atoms with van der Waals surface area (Å²) in [5.74, 6) is -0.378. The zero-order chi connectivity index (χ0) is 12.0. The van der Waals surface area contributed by atoms with Gasteiger partial charge in [-0.05, 0) is 24.1 Å². The highest BCUT2D eigenvalue weighted by Crippen LogP contribution is 2.15. The van der Waals surface area contributed by atoms with Crippen LogP contribution in [0.5, 0.6) is 5.75 Å². The molecule has 4 nitrogen and oxygen atoms in total. The summed E-state index contributed by atoms with van der Waals surface area (Å²) in [5.41, 5.74) is 6.31. The maximum Gasteiger partial charge on any atom is 0.306 e. The Bertz CT molecular complexity index is 335. The molecule has 0 spiro atoms. The lowest BCUT2D eigenvalue weighted by Gasteiger charge is -2.08. The van der Waals surface area contributed by atoms with E-state index in [4.69, 9.17) is 15.6 Å². The van der Waals surface area contributed by atoms with Crippen LogP contribution in [0.15, 0.2) is 24.3 Å². The summed E-state index contributed by atoms with van der Waals surface area (Å²) in [6.45, 7) is 2.67. The molecule has 1 atom stereocenters. The molecule has 1 rings (SSSR count). The number of ether oxygens (including phenoxy) is 1. The van der Waals surface area contributed by atoms with Crippen molar-refractivity contribution in [2.45, 2.75) is 13.3 Å². The van der Waals surface area contributed by atoms with Gasteiger partial charge in [-0.2, -0.15) is 0 Å². The fourth-order valence-electron chi connectivity index (χ4n) is 1.34. The minimum atomic E-state index is -0.775. The van der Waals surface area contributed by atoms with Crippen molar-refractivity contribution in [2.75, 3.05) is 13.2 Å². The Morgan fingerprint density at radius 1 is 1.44 bits per heavy atom. The zero-order valence-corrected chi connectivity index (χ0v) is 9.35. The molecule has 0 heterocycles. The van der Waals surface area contributed by atoms with Crippen LogP contribution >= 0.6 is 0 Å². The molecule has 0 aliphatic carbocycles. The van der Waals surface area contributed by atoms with Gasteiger partial charge in [0.2, 0.25) is 0 Å². The Morgan fingerprint density at radius 2 is 2.06 bits per heavy atom. The number of carboxylic acid groups (broad SMARTS) is 1. The number of nitrogens with two attached hydrogens (primary N) is 1. The smallest absolute Gasteiger partial charge is 0.306 e. The Morgan fingerprint density at radius 3 is 2.56 bits per heavy atom. The minimum absolute atomic E-state index is 0.365. The van der Waals surface area contributed by atoms with Crippen molar-refractivity contribution >= 4 is 5.97 Å². The Kier molecular flexibility index (Phi) is 4.79. The van der Waals surface area contributed by atoms with Gasteiger partial charge in [0.05, 0.1) is 5.92 Å². The highest BCUT2D eigenvalue weighted by atomic mass is 16.5. The molecule has 3 N–H and O–H groups in total. The molecular weight excluding hydrogens is 206 g/mol. The van der Waals surface area contributed by atoms with E-state index < -0.39 is 5.97 Å². The van der Waals surface area contributed by atoms with Crippen LogP contribution in [0.2, 0.25) is 0 Å². The normalized spacial score (nSPS) is 12.1. The summed E-state index contributed by atoms with van der Waals surface area (Å²) in [6, 6.07) is 7.43. The van der Waals surface area contributed by atoms with Crippen molar-refractivity contribution in [1.82, 2.24) is 0 Å². The largest absolute Gasteiger partial charge is 0.492 e. The van der Waals surface area contributed by atoms with E-state index in [-0.39, 0.29) is 5.92 Å². The summed E-state index contributed by atoms with van der Waals surface area (Å²) < 4.78 is 5.32. The minimum Gasteiger partial charge on any atom is -0.492 e. The monoisotopic (exact) mass is 223 g/mol. The molecule has 0 aromatic heterocycles. The first kappa shape index (κ1) is 12.5. The molecule has 0 unspecified atom stereocenters. The number of aliphatic carboxylic acids is 1. The lowest BCUT2D eigenvalue weighted by atomic mass is 10.0. The third kappa shape index (κ3) is 3.90. The number of hydrogen-bond acceptors (Lipinski definition) is 3. The van der Waals surface area contributed by atoms with Crippen LogP contribution < -0.4 is 10.5 Å². The first-order chi connectivity index (χ1) is 7.63. The van der Waals surface area contributed by atoms with Gasteiger partial charge in [-0.15, -0.1) is 0 Å². The van der Waals surface area contributed by atoms with Gasteiger partial charge < -0.3 is 15.6 Å². The van der Waals surface area contributed by atoms with Crippen LogP contribution in [0.3, 0.4) is 0 Å². The third-order valence-electron chi connectivity index (χ3n) is 2.27. The van der Waals surface area contributed by atoms with Crippen molar-refractivity contribution in [2.24, 2.45) is 11.7 Å². The van der Waals surface area contributed by atoms with E-state index in [0.29, 0.717) is 19.6 Å². The molecule has 0 bridgehead atoms. The Hall–Kier alpha value is -1.55. The number of carboxylic acids is 1. The average molecular weight is 223 g/mol. The van der Waals surface area contributed by atoms with E-state index in [9.17, 15) is 4.79 Å². The first-order valence-electron chi connectivity index (χ1n) is 5.28.